The number of rotatable bonds is 8. The van der Waals surface area contributed by atoms with Crippen LogP contribution >= 0.6 is 27.7 Å². The van der Waals surface area contributed by atoms with Crippen LogP contribution in [0.4, 0.5) is 11.4 Å². The molecule has 31 heavy (non-hydrogen) atoms. The van der Waals surface area contributed by atoms with Crippen LogP contribution in [0, 0.1) is 0 Å². The van der Waals surface area contributed by atoms with E-state index in [-0.39, 0.29) is 17.1 Å². The van der Waals surface area contributed by atoms with Crippen molar-refractivity contribution >= 4 is 57.0 Å². The van der Waals surface area contributed by atoms with Crippen LogP contribution in [0.15, 0.2) is 94.3 Å². The third kappa shape index (κ3) is 7.12. The lowest BCUT2D eigenvalue weighted by atomic mass is 10.2. The fraction of sp³-hybridized carbons (Fsp3) is 0.120. The summed E-state index contributed by atoms with van der Waals surface area (Å²) in [6, 6.07) is 24.7. The molecule has 4 nitrogen and oxygen atoms in total. The first kappa shape index (κ1) is 22.8. The molecule has 0 spiro atoms. The van der Waals surface area contributed by atoms with E-state index in [4.69, 9.17) is 0 Å². The molecule has 1 unspecified atom stereocenters. The summed E-state index contributed by atoms with van der Waals surface area (Å²) in [6.45, 7) is 1.98. The van der Waals surface area contributed by atoms with E-state index in [0.717, 1.165) is 20.6 Å². The second kappa shape index (κ2) is 11.5. The SMILES string of the molecule is CCC(Sc1cccc(NC(=O)/C=C/c2ccccc2)c1)C(=O)Nc1ccccc1Br. The van der Waals surface area contributed by atoms with Crippen molar-refractivity contribution in [1.82, 2.24) is 0 Å². The first-order chi connectivity index (χ1) is 15.0. The van der Waals surface area contributed by atoms with Crippen LogP contribution in [0.1, 0.15) is 18.9 Å². The second-order valence-electron chi connectivity index (χ2n) is 6.74. The highest BCUT2D eigenvalue weighted by Crippen LogP contribution is 2.29. The molecule has 6 heteroatoms. The van der Waals surface area contributed by atoms with E-state index < -0.39 is 0 Å². The lowest BCUT2D eigenvalue weighted by molar-refractivity contribution is -0.115. The minimum atomic E-state index is -0.254. The van der Waals surface area contributed by atoms with Crippen LogP contribution in [-0.4, -0.2) is 17.1 Å². The molecule has 1 atom stereocenters. The van der Waals surface area contributed by atoms with Gasteiger partial charge in [0.1, 0.15) is 0 Å². The van der Waals surface area contributed by atoms with Crippen molar-refractivity contribution in [2.75, 3.05) is 10.6 Å². The lowest BCUT2D eigenvalue weighted by Gasteiger charge is -2.16. The molecule has 3 rings (SSSR count). The quantitative estimate of drug-likeness (QED) is 0.273. The van der Waals surface area contributed by atoms with Crippen LogP contribution in [-0.2, 0) is 9.59 Å². The van der Waals surface area contributed by atoms with Gasteiger partial charge in [-0.3, -0.25) is 9.59 Å². The van der Waals surface area contributed by atoms with Crippen molar-refractivity contribution in [3.05, 3.63) is 95.0 Å². The molecule has 3 aromatic rings. The topological polar surface area (TPSA) is 58.2 Å². The number of amides is 2. The van der Waals surface area contributed by atoms with Gasteiger partial charge in [-0.25, -0.2) is 0 Å². The Morgan fingerprint density at radius 1 is 0.968 bits per heavy atom. The van der Waals surface area contributed by atoms with Crippen LogP contribution < -0.4 is 10.6 Å². The smallest absolute Gasteiger partial charge is 0.248 e. The van der Waals surface area contributed by atoms with E-state index in [0.29, 0.717) is 12.1 Å². The van der Waals surface area contributed by atoms with Gasteiger partial charge in [-0.2, -0.15) is 0 Å². The van der Waals surface area contributed by atoms with Gasteiger partial charge in [0, 0.05) is 21.1 Å². The van der Waals surface area contributed by atoms with Crippen molar-refractivity contribution in [1.29, 1.82) is 0 Å². The third-order valence-corrected chi connectivity index (χ3v) is 6.45. The largest absolute Gasteiger partial charge is 0.324 e. The average molecular weight is 495 g/mol. The molecule has 0 aliphatic heterocycles. The number of carbonyl (C=O) groups is 2. The molecule has 158 valence electrons. The second-order valence-corrected chi connectivity index (χ2v) is 8.88. The summed E-state index contributed by atoms with van der Waals surface area (Å²) in [5.41, 5.74) is 2.40. The summed E-state index contributed by atoms with van der Waals surface area (Å²) in [4.78, 5) is 25.9. The number of hydrogen-bond donors (Lipinski definition) is 2. The molecule has 3 aromatic carbocycles. The normalized spacial score (nSPS) is 11.8. The molecule has 2 N–H and O–H groups in total. The zero-order chi connectivity index (χ0) is 22.1. The first-order valence-corrected chi connectivity index (χ1v) is 11.6. The maximum absolute atomic E-state index is 12.8. The highest BCUT2D eigenvalue weighted by Gasteiger charge is 2.19. The zero-order valence-electron chi connectivity index (χ0n) is 17.0. The van der Waals surface area contributed by atoms with Crippen LogP contribution in [0.2, 0.25) is 0 Å². The minimum Gasteiger partial charge on any atom is -0.324 e. The Labute approximate surface area is 195 Å². The Morgan fingerprint density at radius 3 is 2.45 bits per heavy atom. The molecule has 2 amide bonds. The van der Waals surface area contributed by atoms with Crippen molar-refractivity contribution in [2.24, 2.45) is 0 Å². The van der Waals surface area contributed by atoms with E-state index in [1.807, 2.05) is 85.8 Å². The fourth-order valence-electron chi connectivity index (χ4n) is 2.83. The maximum Gasteiger partial charge on any atom is 0.248 e. The molecule has 0 fully saturated rings. The Balaban J connectivity index is 1.62. The summed E-state index contributed by atoms with van der Waals surface area (Å²) >= 11 is 4.93. The number of halogens is 1. The van der Waals surface area contributed by atoms with E-state index >= 15 is 0 Å². The summed E-state index contributed by atoms with van der Waals surface area (Å²) in [7, 11) is 0. The van der Waals surface area contributed by atoms with Gasteiger partial charge in [0.2, 0.25) is 11.8 Å². The first-order valence-electron chi connectivity index (χ1n) is 9.91. The molecule has 0 bridgehead atoms. The van der Waals surface area contributed by atoms with E-state index in [9.17, 15) is 9.59 Å². The number of para-hydroxylation sites is 1. The highest BCUT2D eigenvalue weighted by atomic mass is 79.9. The average Bonchev–Trinajstić information content (AvgIpc) is 2.78. The number of carbonyl (C=O) groups excluding carboxylic acids is 2. The van der Waals surface area contributed by atoms with Gasteiger partial charge in [-0.05, 0) is 64.3 Å². The van der Waals surface area contributed by atoms with Gasteiger partial charge in [-0.1, -0.05) is 55.5 Å². The number of thioether (sulfide) groups is 1. The maximum atomic E-state index is 12.8. The van der Waals surface area contributed by atoms with Gasteiger partial charge < -0.3 is 10.6 Å². The molecule has 0 heterocycles. The lowest BCUT2D eigenvalue weighted by Crippen LogP contribution is -2.24. The van der Waals surface area contributed by atoms with Crippen molar-refractivity contribution < 1.29 is 9.59 Å². The minimum absolute atomic E-state index is 0.0559. The Kier molecular flexibility index (Phi) is 8.50. The summed E-state index contributed by atoms with van der Waals surface area (Å²) in [5, 5.41) is 5.60. The fourth-order valence-corrected chi connectivity index (χ4v) is 4.23. The molecule has 0 aliphatic carbocycles. The van der Waals surface area contributed by atoms with Gasteiger partial charge in [0.05, 0.1) is 10.9 Å². The van der Waals surface area contributed by atoms with Crippen molar-refractivity contribution in [3.63, 3.8) is 0 Å². The molecule has 0 aromatic heterocycles. The molecular weight excluding hydrogens is 472 g/mol. The number of hydrogen-bond acceptors (Lipinski definition) is 3. The third-order valence-electron chi connectivity index (χ3n) is 4.40. The summed E-state index contributed by atoms with van der Waals surface area (Å²) in [6.07, 6.45) is 3.96. The van der Waals surface area contributed by atoms with Crippen LogP contribution in [0.5, 0.6) is 0 Å². The predicted octanol–water partition coefficient (Wildman–Crippen LogP) is 6.61. The molecule has 0 radical (unpaired) electrons. The molecule has 0 aliphatic rings. The Morgan fingerprint density at radius 2 is 1.71 bits per heavy atom. The van der Waals surface area contributed by atoms with Crippen LogP contribution in [0.25, 0.3) is 6.08 Å². The predicted molar refractivity (Wildman–Crippen MR) is 133 cm³/mol. The number of anilines is 2. The van der Waals surface area contributed by atoms with Gasteiger partial charge in [0.25, 0.3) is 0 Å². The number of nitrogens with one attached hydrogen (secondary N) is 2. The van der Waals surface area contributed by atoms with Gasteiger partial charge in [0.15, 0.2) is 0 Å². The summed E-state index contributed by atoms with van der Waals surface area (Å²) in [5.74, 6) is -0.260. The van der Waals surface area contributed by atoms with Gasteiger partial charge >= 0.3 is 0 Å². The molecule has 0 saturated heterocycles. The number of benzene rings is 3. The Hall–Kier alpha value is -2.83. The monoisotopic (exact) mass is 494 g/mol. The zero-order valence-corrected chi connectivity index (χ0v) is 19.4. The van der Waals surface area contributed by atoms with E-state index in [1.54, 1.807) is 6.08 Å². The highest BCUT2D eigenvalue weighted by molar-refractivity contribution is 9.10. The Bertz CT molecular complexity index is 1070. The molecular formula is C25H23BrN2O2S. The van der Waals surface area contributed by atoms with Crippen molar-refractivity contribution in [2.45, 2.75) is 23.5 Å². The van der Waals surface area contributed by atoms with Gasteiger partial charge in [-0.15, -0.1) is 11.8 Å². The standard InChI is InChI=1S/C25H23BrN2O2S/c1-2-23(25(30)28-22-14-7-6-13-21(22)26)31-20-12-8-11-19(17-20)27-24(29)16-15-18-9-4-3-5-10-18/h3-17,23H,2H2,1H3,(H,27,29)(H,28,30)/b16-15+. The molecule has 0 saturated carbocycles. The summed E-state index contributed by atoms with van der Waals surface area (Å²) < 4.78 is 0.844. The van der Waals surface area contributed by atoms with Crippen molar-refractivity contribution in [3.8, 4) is 0 Å². The van der Waals surface area contributed by atoms with Crippen LogP contribution in [0.3, 0.4) is 0 Å². The van der Waals surface area contributed by atoms with E-state index in [1.165, 1.54) is 17.8 Å². The van der Waals surface area contributed by atoms with E-state index in [2.05, 4.69) is 26.6 Å².